The summed E-state index contributed by atoms with van der Waals surface area (Å²) >= 11 is 0. The number of hydrogen-bond acceptors (Lipinski definition) is 4. The molecule has 0 radical (unpaired) electrons. The zero-order valence-electron chi connectivity index (χ0n) is 38.9. The van der Waals surface area contributed by atoms with Gasteiger partial charge in [0.2, 0.25) is 0 Å². The molecular weight excluding hydrogens is 689 g/mol. The van der Waals surface area contributed by atoms with Crippen molar-refractivity contribution in [2.24, 2.45) is 5.92 Å². The molecule has 0 aromatic carbocycles. The van der Waals surface area contributed by atoms with Gasteiger partial charge in [-0.15, -0.1) is 0 Å². The van der Waals surface area contributed by atoms with Crippen molar-refractivity contribution in [1.82, 2.24) is 0 Å². The second-order valence-corrected chi connectivity index (χ2v) is 18.3. The minimum atomic E-state index is 0.00492. The van der Waals surface area contributed by atoms with Gasteiger partial charge in [0.25, 0.3) is 0 Å². The summed E-state index contributed by atoms with van der Waals surface area (Å²) in [6.45, 7) is 9.65. The first-order valence-corrected chi connectivity index (χ1v) is 25.8. The summed E-state index contributed by atoms with van der Waals surface area (Å²) in [6.07, 6.45) is 54.6. The molecule has 0 rings (SSSR count). The zero-order chi connectivity index (χ0) is 40.8. The highest BCUT2D eigenvalue weighted by molar-refractivity contribution is 5.69. The van der Waals surface area contributed by atoms with Crippen LogP contribution >= 0.6 is 0 Å². The molecule has 0 bridgehead atoms. The molecule has 0 aliphatic heterocycles. The van der Waals surface area contributed by atoms with Crippen LogP contribution in [0.2, 0.25) is 0 Å². The third-order valence-electron chi connectivity index (χ3n) is 11.9. The maximum Gasteiger partial charge on any atom is 0.306 e. The molecule has 56 heavy (non-hydrogen) atoms. The Labute approximate surface area is 352 Å². The molecule has 0 aliphatic rings. The Kier molecular flexibility index (Phi) is 45.7. The molecule has 0 amide bonds. The van der Waals surface area contributed by atoms with E-state index in [0.717, 1.165) is 51.4 Å². The van der Waals surface area contributed by atoms with Crippen LogP contribution in [0, 0.1) is 5.92 Å². The summed E-state index contributed by atoms with van der Waals surface area (Å²) in [5.74, 6) is 0.589. The van der Waals surface area contributed by atoms with Crippen molar-refractivity contribution in [3.05, 3.63) is 0 Å². The number of esters is 2. The van der Waals surface area contributed by atoms with E-state index in [0.29, 0.717) is 25.4 Å². The predicted molar refractivity (Wildman–Crippen MR) is 246 cm³/mol. The minimum Gasteiger partial charge on any atom is -0.466 e. The van der Waals surface area contributed by atoms with Gasteiger partial charge in [0.1, 0.15) is 6.10 Å². The van der Waals surface area contributed by atoms with E-state index in [2.05, 4.69) is 27.7 Å². The van der Waals surface area contributed by atoms with E-state index in [1.54, 1.807) is 0 Å². The highest BCUT2D eigenvalue weighted by atomic mass is 16.5. The number of rotatable bonds is 47. The van der Waals surface area contributed by atoms with Crippen LogP contribution in [0.5, 0.6) is 0 Å². The molecule has 0 saturated carbocycles. The van der Waals surface area contributed by atoms with Gasteiger partial charge in [-0.1, -0.05) is 252 Å². The normalized spacial score (nSPS) is 12.1. The predicted octanol–water partition coefficient (Wildman–Crippen LogP) is 17.9. The van der Waals surface area contributed by atoms with Crippen molar-refractivity contribution in [3.8, 4) is 0 Å². The number of carbonyl (C=O) groups is 2. The molecular formula is C52H102O4. The van der Waals surface area contributed by atoms with Crippen LogP contribution < -0.4 is 0 Å². The number of hydrogen-bond donors (Lipinski definition) is 0. The van der Waals surface area contributed by atoms with Gasteiger partial charge < -0.3 is 9.47 Å². The van der Waals surface area contributed by atoms with Crippen molar-refractivity contribution in [2.75, 3.05) is 6.61 Å². The van der Waals surface area contributed by atoms with Crippen LogP contribution in [0.3, 0.4) is 0 Å². The summed E-state index contributed by atoms with van der Waals surface area (Å²) in [7, 11) is 0. The Balaban J connectivity index is 3.54. The molecule has 0 heterocycles. The molecule has 0 aromatic rings. The highest BCUT2D eigenvalue weighted by Gasteiger charge is 2.16. The molecule has 0 aromatic heterocycles. The van der Waals surface area contributed by atoms with Gasteiger partial charge in [0, 0.05) is 12.8 Å². The lowest BCUT2D eigenvalue weighted by molar-refractivity contribution is -0.150. The summed E-state index contributed by atoms with van der Waals surface area (Å²) in [6, 6.07) is 0. The Morgan fingerprint density at radius 3 is 0.982 bits per heavy atom. The topological polar surface area (TPSA) is 52.6 Å². The van der Waals surface area contributed by atoms with Crippen molar-refractivity contribution in [1.29, 1.82) is 0 Å². The van der Waals surface area contributed by atoms with Crippen molar-refractivity contribution in [3.63, 3.8) is 0 Å². The first-order valence-electron chi connectivity index (χ1n) is 25.8. The second kappa shape index (κ2) is 46.6. The number of carbonyl (C=O) groups excluding carboxylic acids is 2. The van der Waals surface area contributed by atoms with E-state index < -0.39 is 0 Å². The molecule has 334 valence electrons. The van der Waals surface area contributed by atoms with Crippen molar-refractivity contribution >= 4 is 11.9 Å². The molecule has 4 nitrogen and oxygen atoms in total. The van der Waals surface area contributed by atoms with Gasteiger partial charge >= 0.3 is 11.9 Å². The average Bonchev–Trinajstić information content (AvgIpc) is 3.18. The monoisotopic (exact) mass is 791 g/mol. The number of ether oxygens (including phenoxy) is 2. The van der Waals surface area contributed by atoms with Gasteiger partial charge in [0.15, 0.2) is 0 Å². The van der Waals surface area contributed by atoms with E-state index in [-0.39, 0.29) is 18.0 Å². The van der Waals surface area contributed by atoms with Crippen LogP contribution in [0.1, 0.15) is 304 Å². The van der Waals surface area contributed by atoms with Crippen LogP contribution in [0.15, 0.2) is 0 Å². The zero-order valence-corrected chi connectivity index (χ0v) is 38.9. The molecule has 0 spiro atoms. The SMILES string of the molecule is CCCCCCCCCCCCCCCCCC(=O)OCCCCCCCCCCCC(CC(C)C)OC(=O)CCCCCCCCCCCCCCCCC. The fourth-order valence-electron chi connectivity index (χ4n) is 8.25. The first kappa shape index (κ1) is 54.9. The summed E-state index contributed by atoms with van der Waals surface area (Å²) in [5, 5.41) is 0. The number of unbranched alkanes of at least 4 members (excludes halogenated alkanes) is 36. The van der Waals surface area contributed by atoms with Gasteiger partial charge in [0.05, 0.1) is 6.61 Å². The van der Waals surface area contributed by atoms with E-state index in [9.17, 15) is 9.59 Å². The lowest BCUT2D eigenvalue weighted by atomic mass is 9.99. The Bertz CT molecular complexity index is 779. The molecule has 1 atom stereocenters. The minimum absolute atomic E-state index is 0.00492. The third-order valence-corrected chi connectivity index (χ3v) is 11.9. The van der Waals surface area contributed by atoms with Crippen LogP contribution in [-0.4, -0.2) is 24.6 Å². The van der Waals surface area contributed by atoms with Gasteiger partial charge in [-0.25, -0.2) is 0 Å². The molecule has 0 aliphatic carbocycles. The fourth-order valence-corrected chi connectivity index (χ4v) is 8.25. The van der Waals surface area contributed by atoms with E-state index >= 15 is 0 Å². The summed E-state index contributed by atoms with van der Waals surface area (Å²) < 4.78 is 11.5. The lowest BCUT2D eigenvalue weighted by Crippen LogP contribution is -2.20. The maximum absolute atomic E-state index is 12.6. The van der Waals surface area contributed by atoms with Crippen LogP contribution in [0.25, 0.3) is 0 Å². The smallest absolute Gasteiger partial charge is 0.306 e. The molecule has 0 N–H and O–H groups in total. The average molecular weight is 791 g/mol. The fraction of sp³-hybridized carbons (Fsp3) is 0.962. The molecule has 0 saturated heterocycles. The van der Waals surface area contributed by atoms with Crippen LogP contribution in [0.4, 0.5) is 0 Å². The highest BCUT2D eigenvalue weighted by Crippen LogP contribution is 2.20. The Hall–Kier alpha value is -1.06. The van der Waals surface area contributed by atoms with E-state index in [1.807, 2.05) is 0 Å². The largest absolute Gasteiger partial charge is 0.466 e. The maximum atomic E-state index is 12.6. The van der Waals surface area contributed by atoms with Crippen molar-refractivity contribution < 1.29 is 19.1 Å². The van der Waals surface area contributed by atoms with Gasteiger partial charge in [-0.2, -0.15) is 0 Å². The second-order valence-electron chi connectivity index (χ2n) is 18.3. The quantitative estimate of drug-likeness (QED) is 0.0455. The third kappa shape index (κ3) is 45.6. The van der Waals surface area contributed by atoms with Gasteiger partial charge in [-0.05, 0) is 44.4 Å². The summed E-state index contributed by atoms with van der Waals surface area (Å²) in [4.78, 5) is 24.7. The summed E-state index contributed by atoms with van der Waals surface area (Å²) in [5.41, 5.74) is 0. The molecule has 4 heteroatoms. The Morgan fingerprint density at radius 2 is 0.643 bits per heavy atom. The van der Waals surface area contributed by atoms with E-state index in [1.165, 1.54) is 212 Å². The molecule has 1 unspecified atom stereocenters. The Morgan fingerprint density at radius 1 is 0.357 bits per heavy atom. The lowest BCUT2D eigenvalue weighted by Gasteiger charge is -2.20. The van der Waals surface area contributed by atoms with Crippen molar-refractivity contribution in [2.45, 2.75) is 310 Å². The van der Waals surface area contributed by atoms with Gasteiger partial charge in [-0.3, -0.25) is 9.59 Å². The van der Waals surface area contributed by atoms with E-state index in [4.69, 9.17) is 9.47 Å². The standard InChI is InChI=1S/C52H102O4/c1-5-7-9-11-13-15-17-19-21-23-25-29-33-37-41-45-51(53)55-47-43-39-35-31-27-28-32-36-40-44-50(48-49(3)4)56-52(54)46-42-38-34-30-26-24-22-20-18-16-14-12-10-8-6-2/h49-50H,5-48H2,1-4H3. The first-order chi connectivity index (χ1) is 27.5. The van der Waals surface area contributed by atoms with Crippen LogP contribution in [-0.2, 0) is 19.1 Å². The molecule has 0 fully saturated rings.